The Morgan fingerprint density at radius 2 is 1.61 bits per heavy atom. The monoisotopic (exact) mass is 417 g/mol. The molecule has 2 fully saturated rings. The fraction of sp³-hybridized carbons (Fsp3) is 0.519. The molecule has 0 aliphatic carbocycles. The summed E-state index contributed by atoms with van der Waals surface area (Å²) in [7, 11) is 0. The van der Waals surface area contributed by atoms with Crippen molar-refractivity contribution in [3.05, 3.63) is 71.3 Å². The quantitative estimate of drug-likeness (QED) is 0.804. The molecule has 3 atom stereocenters. The molecule has 0 radical (unpaired) electrons. The van der Waals surface area contributed by atoms with Gasteiger partial charge in [0.15, 0.2) is 0 Å². The molecule has 1 amide bonds. The fourth-order valence-electron chi connectivity index (χ4n) is 5.78. The number of nitrogens with zero attached hydrogens (tertiary/aromatic N) is 2. The summed E-state index contributed by atoms with van der Waals surface area (Å²) >= 11 is 0. The second-order valence-corrected chi connectivity index (χ2v) is 9.46. The van der Waals surface area contributed by atoms with Gasteiger partial charge in [-0.1, -0.05) is 67.4 Å². The van der Waals surface area contributed by atoms with Crippen molar-refractivity contribution in [1.82, 2.24) is 15.1 Å². The van der Waals surface area contributed by atoms with Crippen LogP contribution in [0.15, 0.2) is 54.6 Å². The minimum atomic E-state index is -0.0284. The first-order chi connectivity index (χ1) is 15.3. The fourth-order valence-corrected chi connectivity index (χ4v) is 5.78. The van der Waals surface area contributed by atoms with Gasteiger partial charge in [-0.05, 0) is 62.0 Å². The van der Waals surface area contributed by atoms with Crippen molar-refractivity contribution in [2.45, 2.75) is 56.5 Å². The highest BCUT2D eigenvalue weighted by molar-refractivity contribution is 5.83. The molecule has 0 aromatic heterocycles. The Bertz CT molecular complexity index is 871. The number of hydrogen-bond acceptors (Lipinski definition) is 3. The van der Waals surface area contributed by atoms with E-state index in [9.17, 15) is 4.79 Å². The maximum Gasteiger partial charge on any atom is 0.240 e. The molecule has 0 bridgehead atoms. The summed E-state index contributed by atoms with van der Waals surface area (Å²) < 4.78 is 0. The Balaban J connectivity index is 1.51. The number of carbonyl (C=O) groups excluding carboxylic acids is 1. The molecule has 5 rings (SSSR count). The minimum absolute atomic E-state index is 0.0284. The van der Waals surface area contributed by atoms with Crippen LogP contribution in [0.25, 0.3) is 0 Å². The summed E-state index contributed by atoms with van der Waals surface area (Å²) in [6.45, 7) is 5.00. The molecule has 0 spiro atoms. The van der Waals surface area contributed by atoms with Gasteiger partial charge in [-0.25, -0.2) is 0 Å². The third-order valence-electron chi connectivity index (χ3n) is 7.46. The summed E-state index contributed by atoms with van der Waals surface area (Å²) in [5, 5.41) is 3.51. The molecule has 4 nitrogen and oxygen atoms in total. The summed E-state index contributed by atoms with van der Waals surface area (Å²) in [6.07, 6.45) is 7.17. The lowest BCUT2D eigenvalue weighted by Gasteiger charge is -2.45. The first kappa shape index (κ1) is 20.7. The molecule has 2 aromatic rings. The van der Waals surface area contributed by atoms with Crippen molar-refractivity contribution in [3.8, 4) is 0 Å². The molecule has 31 heavy (non-hydrogen) atoms. The number of hydrogen-bond donors (Lipinski definition) is 1. The Morgan fingerprint density at radius 3 is 2.35 bits per heavy atom. The van der Waals surface area contributed by atoms with Gasteiger partial charge in [-0.3, -0.25) is 4.79 Å². The lowest BCUT2D eigenvalue weighted by Crippen LogP contribution is -2.54. The van der Waals surface area contributed by atoms with Gasteiger partial charge in [-0.15, -0.1) is 0 Å². The zero-order chi connectivity index (χ0) is 21.0. The van der Waals surface area contributed by atoms with Gasteiger partial charge in [0.05, 0.1) is 12.1 Å². The smallest absolute Gasteiger partial charge is 0.240 e. The maximum absolute atomic E-state index is 13.8. The minimum Gasteiger partial charge on any atom is -0.332 e. The molecule has 1 N–H and O–H groups in total. The van der Waals surface area contributed by atoms with Crippen molar-refractivity contribution >= 4 is 5.91 Å². The Labute approximate surface area is 186 Å². The third kappa shape index (κ3) is 4.42. The van der Waals surface area contributed by atoms with Crippen molar-refractivity contribution in [3.63, 3.8) is 0 Å². The normalized spacial score (nSPS) is 27.0. The first-order valence-electron chi connectivity index (χ1n) is 12.2. The topological polar surface area (TPSA) is 35.6 Å². The summed E-state index contributed by atoms with van der Waals surface area (Å²) in [6, 6.07) is 19.7. The number of piperidine rings is 2. The van der Waals surface area contributed by atoms with E-state index in [0.717, 1.165) is 45.6 Å². The van der Waals surface area contributed by atoms with Crippen LogP contribution in [0.3, 0.4) is 0 Å². The number of benzene rings is 2. The van der Waals surface area contributed by atoms with Crippen molar-refractivity contribution in [2.75, 3.05) is 32.7 Å². The molecule has 3 unspecified atom stereocenters. The van der Waals surface area contributed by atoms with Gasteiger partial charge in [0.25, 0.3) is 0 Å². The average Bonchev–Trinajstić information content (AvgIpc) is 2.85. The average molecular weight is 418 g/mol. The van der Waals surface area contributed by atoms with Crippen LogP contribution >= 0.6 is 0 Å². The highest BCUT2D eigenvalue weighted by Gasteiger charge is 2.39. The summed E-state index contributed by atoms with van der Waals surface area (Å²) in [5.41, 5.74) is 4.05. The number of carbonyl (C=O) groups is 1. The summed E-state index contributed by atoms with van der Waals surface area (Å²) in [4.78, 5) is 18.7. The van der Waals surface area contributed by atoms with Gasteiger partial charge in [0.2, 0.25) is 5.91 Å². The number of rotatable bonds is 4. The van der Waals surface area contributed by atoms with Crippen molar-refractivity contribution < 1.29 is 4.79 Å². The van der Waals surface area contributed by atoms with Gasteiger partial charge in [-0.2, -0.15) is 0 Å². The molecule has 3 aliphatic heterocycles. The van der Waals surface area contributed by atoms with E-state index >= 15 is 0 Å². The van der Waals surface area contributed by atoms with Crippen molar-refractivity contribution in [2.24, 2.45) is 0 Å². The van der Waals surface area contributed by atoms with Crippen LogP contribution in [0.2, 0.25) is 0 Å². The molecule has 3 aliphatic rings. The molecular weight excluding hydrogens is 382 g/mol. The number of likely N-dealkylation sites (tertiary alicyclic amines) is 1. The Hall–Kier alpha value is -2.17. The number of fused-ring (bicyclic) bond motifs is 1. The molecule has 2 saturated heterocycles. The van der Waals surface area contributed by atoms with Crippen LogP contribution in [0, 0.1) is 0 Å². The number of amides is 1. The second kappa shape index (κ2) is 9.54. The van der Waals surface area contributed by atoms with E-state index in [1.807, 2.05) is 0 Å². The first-order valence-corrected chi connectivity index (χ1v) is 12.2. The zero-order valence-electron chi connectivity index (χ0n) is 18.5. The largest absolute Gasteiger partial charge is 0.332 e. The predicted octanol–water partition coefficient (Wildman–Crippen LogP) is 4.33. The van der Waals surface area contributed by atoms with Crippen LogP contribution in [0.4, 0.5) is 0 Å². The standard InChI is InChI=1S/C27H35N3O/c31-27(25-15-7-8-16-28-25)30-19-24(21-11-3-1-4-12-21)22-13-5-6-14-23(22)26(30)20-29-17-9-2-10-18-29/h1,3-6,11-14,24-26,28H,2,7-10,15-20H2. The highest BCUT2D eigenvalue weighted by Crippen LogP contribution is 2.40. The highest BCUT2D eigenvalue weighted by atomic mass is 16.2. The van der Waals surface area contributed by atoms with Gasteiger partial charge in [0.1, 0.15) is 0 Å². The lowest BCUT2D eigenvalue weighted by atomic mass is 9.80. The van der Waals surface area contributed by atoms with Crippen LogP contribution in [0.1, 0.15) is 67.2 Å². The molecule has 2 aromatic carbocycles. The van der Waals surface area contributed by atoms with Gasteiger partial charge < -0.3 is 15.1 Å². The van der Waals surface area contributed by atoms with Crippen LogP contribution < -0.4 is 5.32 Å². The van der Waals surface area contributed by atoms with E-state index in [1.54, 1.807) is 0 Å². The molecular formula is C27H35N3O. The lowest BCUT2D eigenvalue weighted by molar-refractivity contribution is -0.137. The third-order valence-corrected chi connectivity index (χ3v) is 7.46. The van der Waals surface area contributed by atoms with Gasteiger partial charge >= 0.3 is 0 Å². The second-order valence-electron chi connectivity index (χ2n) is 9.46. The van der Waals surface area contributed by atoms with Crippen LogP contribution in [-0.2, 0) is 4.79 Å². The Morgan fingerprint density at radius 1 is 0.871 bits per heavy atom. The van der Waals surface area contributed by atoms with Crippen molar-refractivity contribution in [1.29, 1.82) is 0 Å². The Kier molecular flexibility index (Phi) is 6.37. The van der Waals surface area contributed by atoms with E-state index < -0.39 is 0 Å². The van der Waals surface area contributed by atoms with Crippen LogP contribution in [0.5, 0.6) is 0 Å². The van der Waals surface area contributed by atoms with E-state index in [2.05, 4.69) is 69.7 Å². The van der Waals surface area contributed by atoms with Gasteiger partial charge in [0, 0.05) is 19.0 Å². The number of nitrogens with one attached hydrogen (secondary N) is 1. The van der Waals surface area contributed by atoms with Crippen LogP contribution in [-0.4, -0.2) is 54.5 Å². The SMILES string of the molecule is O=C(C1CCCCN1)N1CC(c2ccccc2)c2ccccc2C1CN1CCCCC1. The maximum atomic E-state index is 13.8. The zero-order valence-corrected chi connectivity index (χ0v) is 18.5. The molecule has 3 heterocycles. The molecule has 164 valence electrons. The van der Waals surface area contributed by atoms with E-state index in [4.69, 9.17) is 0 Å². The van der Waals surface area contributed by atoms with E-state index in [1.165, 1.54) is 42.4 Å². The molecule has 4 heteroatoms. The molecule has 0 saturated carbocycles. The predicted molar refractivity (Wildman–Crippen MR) is 125 cm³/mol. The van der Waals surface area contributed by atoms with E-state index in [-0.39, 0.29) is 18.0 Å². The van der Waals surface area contributed by atoms with E-state index in [0.29, 0.717) is 5.91 Å². The summed E-state index contributed by atoms with van der Waals surface area (Å²) in [5.74, 6) is 0.541.